The second-order valence-electron chi connectivity index (χ2n) is 5.00. The number of primary sulfonamides is 1. The normalized spacial score (nSPS) is 15.2. The van der Waals surface area contributed by atoms with Gasteiger partial charge in [0.05, 0.1) is 12.3 Å². The Bertz CT molecular complexity index is 621. The number of ether oxygens (including phenoxy) is 1. The molecule has 1 aliphatic carbocycles. The third kappa shape index (κ3) is 3.42. The summed E-state index contributed by atoms with van der Waals surface area (Å²) in [6.45, 7) is 2.55. The number of nitrogens with zero attached hydrogens (tertiary/aromatic N) is 2. The zero-order valence-corrected chi connectivity index (χ0v) is 12.9. The lowest BCUT2D eigenvalue weighted by molar-refractivity contribution is 0.0670. The van der Waals surface area contributed by atoms with Crippen molar-refractivity contribution < 1.29 is 17.9 Å². The maximum atomic E-state index is 12.6. The monoisotopic (exact) mass is 316 g/mol. The number of aryl methyl sites for hydroxylation is 1. The van der Waals surface area contributed by atoms with E-state index < -0.39 is 15.9 Å². The van der Waals surface area contributed by atoms with Crippen LogP contribution in [0.3, 0.4) is 0 Å². The highest BCUT2D eigenvalue weighted by Gasteiger charge is 2.36. The average Bonchev–Trinajstić information content (AvgIpc) is 3.15. The summed E-state index contributed by atoms with van der Waals surface area (Å²) < 4.78 is 28.5. The maximum Gasteiger partial charge on any atom is 0.276 e. The molecule has 1 heterocycles. The van der Waals surface area contributed by atoms with Crippen molar-refractivity contribution >= 4 is 15.9 Å². The Morgan fingerprint density at radius 2 is 2.19 bits per heavy atom. The number of hydrogen-bond donors (Lipinski definition) is 2. The molecule has 1 fully saturated rings. The Hall–Kier alpha value is -1.45. The minimum atomic E-state index is -4.01. The molecule has 0 spiro atoms. The van der Waals surface area contributed by atoms with Gasteiger partial charge in [0.1, 0.15) is 4.90 Å². The summed E-state index contributed by atoms with van der Waals surface area (Å²) >= 11 is 0. The molecule has 0 unspecified atom stereocenters. The number of carbonyl (C=O) groups excluding carboxylic acids is 1. The van der Waals surface area contributed by atoms with Gasteiger partial charge in [0.25, 0.3) is 5.91 Å². The zero-order valence-electron chi connectivity index (χ0n) is 12.1. The molecule has 118 valence electrons. The van der Waals surface area contributed by atoms with Crippen LogP contribution in [0.25, 0.3) is 0 Å². The highest BCUT2D eigenvalue weighted by atomic mass is 32.2. The first-order chi connectivity index (χ1) is 9.90. The van der Waals surface area contributed by atoms with Gasteiger partial charge in [0.15, 0.2) is 5.69 Å². The number of hydrogen-bond acceptors (Lipinski definition) is 5. The number of sulfonamides is 1. The fourth-order valence-corrected chi connectivity index (χ4v) is 3.16. The molecule has 1 aromatic rings. The van der Waals surface area contributed by atoms with Gasteiger partial charge < -0.3 is 9.64 Å². The number of carbonyl (C=O) groups is 1. The number of aromatic amines is 1. The van der Waals surface area contributed by atoms with Crippen LogP contribution in [0, 0.1) is 0 Å². The molecular formula is C12H20N4O4S. The fourth-order valence-electron chi connectivity index (χ4n) is 2.22. The largest absolute Gasteiger partial charge is 0.383 e. The number of H-pyrrole nitrogens is 1. The molecule has 1 aromatic heterocycles. The second-order valence-corrected chi connectivity index (χ2v) is 6.50. The molecule has 1 amide bonds. The van der Waals surface area contributed by atoms with Gasteiger partial charge in [-0.25, -0.2) is 13.6 Å². The lowest BCUT2D eigenvalue weighted by atomic mass is 10.2. The van der Waals surface area contributed by atoms with Crippen LogP contribution in [0.2, 0.25) is 0 Å². The first-order valence-corrected chi connectivity index (χ1v) is 8.34. The molecule has 21 heavy (non-hydrogen) atoms. The summed E-state index contributed by atoms with van der Waals surface area (Å²) in [7, 11) is -2.46. The van der Waals surface area contributed by atoms with E-state index in [1.807, 2.05) is 0 Å². The van der Waals surface area contributed by atoms with Crippen molar-refractivity contribution in [1.82, 2.24) is 15.1 Å². The van der Waals surface area contributed by atoms with Crippen LogP contribution in [0.4, 0.5) is 0 Å². The molecule has 3 N–H and O–H groups in total. The summed E-state index contributed by atoms with van der Waals surface area (Å²) in [5.74, 6) is -0.422. The summed E-state index contributed by atoms with van der Waals surface area (Å²) in [6, 6.07) is 0.128. The molecule has 0 bridgehead atoms. The lowest BCUT2D eigenvalue weighted by Crippen LogP contribution is -2.37. The molecule has 1 aliphatic rings. The van der Waals surface area contributed by atoms with E-state index in [1.165, 1.54) is 0 Å². The Morgan fingerprint density at radius 3 is 2.67 bits per heavy atom. The molecule has 1 saturated carbocycles. The number of rotatable bonds is 7. The van der Waals surface area contributed by atoms with Gasteiger partial charge in [-0.05, 0) is 19.3 Å². The average molecular weight is 316 g/mol. The van der Waals surface area contributed by atoms with E-state index >= 15 is 0 Å². The summed E-state index contributed by atoms with van der Waals surface area (Å²) in [6.07, 6.45) is 2.21. The Kier molecular flexibility index (Phi) is 4.64. The van der Waals surface area contributed by atoms with E-state index in [1.54, 1.807) is 18.9 Å². The summed E-state index contributed by atoms with van der Waals surface area (Å²) in [5, 5.41) is 11.7. The Labute approximate surface area is 123 Å². The van der Waals surface area contributed by atoms with Crippen LogP contribution < -0.4 is 5.14 Å². The lowest BCUT2D eigenvalue weighted by Gasteiger charge is -2.21. The minimum Gasteiger partial charge on any atom is -0.383 e. The molecule has 0 aliphatic heterocycles. The van der Waals surface area contributed by atoms with Crippen molar-refractivity contribution in [3.63, 3.8) is 0 Å². The molecule has 0 aromatic carbocycles. The van der Waals surface area contributed by atoms with Crippen LogP contribution >= 0.6 is 0 Å². The topological polar surface area (TPSA) is 118 Å². The zero-order chi connectivity index (χ0) is 15.6. The van der Waals surface area contributed by atoms with Gasteiger partial charge >= 0.3 is 0 Å². The molecular weight excluding hydrogens is 296 g/mol. The van der Waals surface area contributed by atoms with Crippen LogP contribution in [-0.2, 0) is 21.2 Å². The molecule has 2 rings (SSSR count). The number of methoxy groups -OCH3 is 1. The highest BCUT2D eigenvalue weighted by Crippen LogP contribution is 2.29. The predicted octanol–water partition coefficient (Wildman–Crippen LogP) is -0.129. The summed E-state index contributed by atoms with van der Waals surface area (Å²) in [4.78, 5) is 14.0. The van der Waals surface area contributed by atoms with E-state index in [0.29, 0.717) is 25.3 Å². The third-order valence-electron chi connectivity index (χ3n) is 3.42. The Morgan fingerprint density at radius 1 is 1.52 bits per heavy atom. The predicted molar refractivity (Wildman–Crippen MR) is 75.3 cm³/mol. The molecule has 8 nitrogen and oxygen atoms in total. The fraction of sp³-hybridized carbons (Fsp3) is 0.667. The van der Waals surface area contributed by atoms with Crippen molar-refractivity contribution in [2.24, 2.45) is 5.14 Å². The van der Waals surface area contributed by atoms with Crippen LogP contribution in [0.15, 0.2) is 4.90 Å². The first kappa shape index (κ1) is 15.9. The standard InChI is InChI=1S/C12H20N4O4S/c1-3-9-11(21(13,18)19)10(15-14-9)12(17)16(6-7-20-2)8-4-5-8/h8H,3-7H2,1-2H3,(H,14,15)(H2,13,18,19). The van der Waals surface area contributed by atoms with Crippen molar-refractivity contribution in [3.05, 3.63) is 11.4 Å². The van der Waals surface area contributed by atoms with Gasteiger partial charge in [-0.15, -0.1) is 0 Å². The van der Waals surface area contributed by atoms with Gasteiger partial charge in [-0.3, -0.25) is 9.89 Å². The molecule has 9 heteroatoms. The first-order valence-electron chi connectivity index (χ1n) is 6.80. The van der Waals surface area contributed by atoms with E-state index in [9.17, 15) is 13.2 Å². The van der Waals surface area contributed by atoms with E-state index in [-0.39, 0.29) is 16.6 Å². The number of aromatic nitrogens is 2. The van der Waals surface area contributed by atoms with Crippen molar-refractivity contribution in [1.29, 1.82) is 0 Å². The van der Waals surface area contributed by atoms with Crippen molar-refractivity contribution in [3.8, 4) is 0 Å². The number of nitrogens with two attached hydrogens (primary N) is 1. The third-order valence-corrected chi connectivity index (χ3v) is 4.43. The quantitative estimate of drug-likeness (QED) is 0.726. The minimum absolute atomic E-state index is 0.127. The van der Waals surface area contributed by atoms with E-state index in [2.05, 4.69) is 10.2 Å². The number of amides is 1. The number of nitrogens with one attached hydrogen (secondary N) is 1. The van der Waals surface area contributed by atoms with Crippen molar-refractivity contribution in [2.75, 3.05) is 20.3 Å². The van der Waals surface area contributed by atoms with Gasteiger partial charge in [0.2, 0.25) is 10.0 Å². The van der Waals surface area contributed by atoms with Crippen molar-refractivity contribution in [2.45, 2.75) is 37.1 Å². The van der Waals surface area contributed by atoms with Gasteiger partial charge in [-0.2, -0.15) is 5.10 Å². The van der Waals surface area contributed by atoms with Crippen LogP contribution in [0.1, 0.15) is 35.9 Å². The maximum absolute atomic E-state index is 12.6. The molecule has 0 radical (unpaired) electrons. The summed E-state index contributed by atoms with van der Waals surface area (Å²) in [5.41, 5.74) is 0.223. The van der Waals surface area contributed by atoms with Gasteiger partial charge in [-0.1, -0.05) is 6.92 Å². The second kappa shape index (κ2) is 6.12. The Balaban J connectivity index is 2.36. The van der Waals surface area contributed by atoms with E-state index in [0.717, 1.165) is 12.8 Å². The molecule has 0 atom stereocenters. The van der Waals surface area contributed by atoms with E-state index in [4.69, 9.17) is 9.88 Å². The molecule has 0 saturated heterocycles. The van der Waals surface area contributed by atoms with Crippen LogP contribution in [-0.4, -0.2) is 55.7 Å². The smallest absolute Gasteiger partial charge is 0.276 e. The van der Waals surface area contributed by atoms with Crippen LogP contribution in [0.5, 0.6) is 0 Å². The highest BCUT2D eigenvalue weighted by molar-refractivity contribution is 7.89. The SMILES string of the molecule is CCc1[nH]nc(C(=O)N(CCOC)C2CC2)c1S(N)(=O)=O. The van der Waals surface area contributed by atoms with Gasteiger partial charge in [0, 0.05) is 19.7 Å².